The molecule has 140 valence electrons. The fraction of sp³-hybridized carbons (Fsp3) is 0.190. The lowest BCUT2D eigenvalue weighted by molar-refractivity contribution is 0.175. The molecule has 1 aliphatic heterocycles. The highest BCUT2D eigenvalue weighted by Gasteiger charge is 2.34. The summed E-state index contributed by atoms with van der Waals surface area (Å²) in [5.74, 6) is 0.847. The molecule has 1 fully saturated rings. The average Bonchev–Trinajstić information content (AvgIpc) is 3.26. The van der Waals surface area contributed by atoms with E-state index in [0.29, 0.717) is 21.7 Å². The van der Waals surface area contributed by atoms with Crippen molar-refractivity contribution in [1.29, 1.82) is 0 Å². The average molecular weight is 520 g/mol. The van der Waals surface area contributed by atoms with Crippen LogP contribution in [0.1, 0.15) is 34.9 Å². The summed E-state index contributed by atoms with van der Waals surface area (Å²) >= 11 is 8.63. The molecular formula is C21H13Br2FN2OS. The lowest BCUT2D eigenvalue weighted by Crippen LogP contribution is -2.22. The zero-order valence-corrected chi connectivity index (χ0v) is 18.4. The number of halogens is 3. The number of aromatic nitrogens is 2. The summed E-state index contributed by atoms with van der Waals surface area (Å²) in [6.45, 7) is 0. The second-order valence-corrected chi connectivity index (χ2v) is 10.1. The van der Waals surface area contributed by atoms with E-state index in [0.717, 1.165) is 25.9 Å². The molecule has 3 nitrogen and oxygen atoms in total. The van der Waals surface area contributed by atoms with Gasteiger partial charge in [-0.15, -0.1) is 11.3 Å². The van der Waals surface area contributed by atoms with Crippen molar-refractivity contribution >= 4 is 54.1 Å². The van der Waals surface area contributed by atoms with Gasteiger partial charge in [-0.3, -0.25) is 4.57 Å². The molecule has 0 unspecified atom stereocenters. The molecule has 4 aromatic rings. The van der Waals surface area contributed by atoms with Gasteiger partial charge < -0.3 is 4.74 Å². The van der Waals surface area contributed by atoms with Crippen molar-refractivity contribution in [3.8, 4) is 17.0 Å². The van der Waals surface area contributed by atoms with Gasteiger partial charge in [-0.1, -0.05) is 31.9 Å². The molecule has 2 aliphatic rings. The molecule has 1 atom stereocenters. The Morgan fingerprint density at radius 2 is 1.96 bits per heavy atom. The van der Waals surface area contributed by atoms with Gasteiger partial charge in [-0.05, 0) is 49.2 Å². The number of benzene rings is 2. The maximum atomic E-state index is 14.9. The monoisotopic (exact) mass is 518 g/mol. The van der Waals surface area contributed by atoms with E-state index >= 15 is 0 Å². The van der Waals surface area contributed by atoms with Crippen LogP contribution in [0.2, 0.25) is 0 Å². The number of ether oxygens (including phenoxy) is 1. The van der Waals surface area contributed by atoms with Gasteiger partial charge in [0.05, 0.1) is 26.7 Å². The van der Waals surface area contributed by atoms with Crippen LogP contribution in [-0.2, 0) is 0 Å². The fourth-order valence-corrected chi connectivity index (χ4v) is 5.73. The zero-order valence-electron chi connectivity index (χ0n) is 14.5. The van der Waals surface area contributed by atoms with Gasteiger partial charge in [0.25, 0.3) is 0 Å². The second-order valence-electron chi connectivity index (χ2n) is 7.21. The van der Waals surface area contributed by atoms with Gasteiger partial charge in [-0.2, -0.15) is 0 Å². The molecule has 0 amide bonds. The van der Waals surface area contributed by atoms with Crippen molar-refractivity contribution in [1.82, 2.24) is 9.55 Å². The Morgan fingerprint density at radius 3 is 2.79 bits per heavy atom. The molecule has 2 aromatic heterocycles. The van der Waals surface area contributed by atoms with E-state index in [-0.39, 0.29) is 12.0 Å². The third-order valence-corrected chi connectivity index (χ3v) is 7.40. The van der Waals surface area contributed by atoms with Crippen LogP contribution < -0.4 is 4.74 Å². The molecule has 7 heteroatoms. The van der Waals surface area contributed by atoms with E-state index in [1.54, 1.807) is 11.3 Å². The number of rotatable bonds is 2. The SMILES string of the molecule is Fc1cc(Br)cc2c1-c1cc3cc(Br)ccc3n1[C@H](c1cnc(C3CC3)s1)O2. The topological polar surface area (TPSA) is 27.1 Å². The first-order valence-corrected chi connectivity index (χ1v) is 11.4. The number of thiazole rings is 1. The van der Waals surface area contributed by atoms with Crippen molar-refractivity contribution in [3.63, 3.8) is 0 Å². The number of fused-ring (bicyclic) bond motifs is 5. The second kappa shape index (κ2) is 6.15. The molecule has 6 rings (SSSR count). The van der Waals surface area contributed by atoms with Gasteiger partial charge in [0.15, 0.2) is 0 Å². The van der Waals surface area contributed by atoms with Crippen molar-refractivity contribution < 1.29 is 9.13 Å². The molecule has 0 radical (unpaired) electrons. The van der Waals surface area contributed by atoms with Crippen molar-refractivity contribution in [2.45, 2.75) is 25.0 Å². The Bertz CT molecular complexity index is 1260. The number of hydrogen-bond donors (Lipinski definition) is 0. The van der Waals surface area contributed by atoms with E-state index in [4.69, 9.17) is 4.74 Å². The van der Waals surface area contributed by atoms with Gasteiger partial charge in [0.1, 0.15) is 11.6 Å². The maximum Gasteiger partial charge on any atom is 0.213 e. The Morgan fingerprint density at radius 1 is 1.11 bits per heavy atom. The molecular weight excluding hydrogens is 507 g/mol. The first-order valence-electron chi connectivity index (χ1n) is 9.00. The van der Waals surface area contributed by atoms with E-state index in [9.17, 15) is 4.39 Å². The first-order chi connectivity index (χ1) is 13.6. The van der Waals surface area contributed by atoms with Crippen LogP contribution >= 0.6 is 43.2 Å². The molecule has 0 spiro atoms. The molecule has 1 saturated carbocycles. The Kier molecular flexibility index (Phi) is 3.77. The Balaban J connectivity index is 1.62. The molecule has 3 heterocycles. The quantitative estimate of drug-likeness (QED) is 0.279. The standard InChI is InChI=1S/C21H13Br2FN2OS/c22-12-3-4-15-11(5-12)6-16-19-14(24)7-13(23)8-17(19)27-21(26(15)16)18-9-25-20(28-18)10-1-2-10/h3-10,21H,1-2H2/t21-/m0/s1. The van der Waals surface area contributed by atoms with E-state index in [2.05, 4.69) is 47.5 Å². The summed E-state index contributed by atoms with van der Waals surface area (Å²) in [7, 11) is 0. The fourth-order valence-electron chi connectivity index (χ4n) is 3.84. The highest BCUT2D eigenvalue weighted by molar-refractivity contribution is 9.10. The highest BCUT2D eigenvalue weighted by Crippen LogP contribution is 2.49. The smallest absolute Gasteiger partial charge is 0.213 e. The number of nitrogens with zero attached hydrogens (tertiary/aromatic N) is 2. The summed E-state index contributed by atoms with van der Waals surface area (Å²) in [6.07, 6.45) is 3.98. The molecule has 0 saturated heterocycles. The van der Waals surface area contributed by atoms with Crippen LogP contribution in [0, 0.1) is 5.82 Å². The Hall–Kier alpha value is -1.70. The first kappa shape index (κ1) is 17.2. The van der Waals surface area contributed by atoms with Crippen LogP contribution in [0.4, 0.5) is 4.39 Å². The van der Waals surface area contributed by atoms with Crippen LogP contribution in [-0.4, -0.2) is 9.55 Å². The van der Waals surface area contributed by atoms with Gasteiger partial charge in [0.2, 0.25) is 6.23 Å². The van der Waals surface area contributed by atoms with Gasteiger partial charge in [0, 0.05) is 26.4 Å². The summed E-state index contributed by atoms with van der Waals surface area (Å²) in [5.41, 5.74) is 2.34. The van der Waals surface area contributed by atoms with Crippen LogP contribution in [0.3, 0.4) is 0 Å². The minimum absolute atomic E-state index is 0.297. The van der Waals surface area contributed by atoms with Crippen molar-refractivity contribution in [2.75, 3.05) is 0 Å². The summed E-state index contributed by atoms with van der Waals surface area (Å²) < 4.78 is 25.0. The molecule has 0 bridgehead atoms. The summed E-state index contributed by atoms with van der Waals surface area (Å²) in [6, 6.07) is 11.5. The summed E-state index contributed by atoms with van der Waals surface area (Å²) in [4.78, 5) is 5.67. The van der Waals surface area contributed by atoms with Crippen LogP contribution in [0.15, 0.2) is 51.5 Å². The van der Waals surface area contributed by atoms with Gasteiger partial charge in [-0.25, -0.2) is 9.37 Å². The largest absolute Gasteiger partial charge is 0.464 e. The maximum absolute atomic E-state index is 14.9. The molecule has 2 aromatic carbocycles. The van der Waals surface area contributed by atoms with Crippen LogP contribution in [0.25, 0.3) is 22.2 Å². The van der Waals surface area contributed by atoms with E-state index < -0.39 is 0 Å². The van der Waals surface area contributed by atoms with Crippen molar-refractivity contribution in [3.05, 3.63) is 67.2 Å². The highest BCUT2D eigenvalue weighted by atomic mass is 79.9. The lowest BCUT2D eigenvalue weighted by atomic mass is 10.1. The molecule has 0 N–H and O–H groups in total. The third kappa shape index (κ3) is 2.60. The third-order valence-electron chi connectivity index (χ3n) is 5.26. The minimum Gasteiger partial charge on any atom is -0.464 e. The predicted octanol–water partition coefficient (Wildman–Crippen LogP) is 7.25. The molecule has 1 aliphatic carbocycles. The van der Waals surface area contributed by atoms with E-state index in [1.807, 2.05) is 30.5 Å². The predicted molar refractivity (Wildman–Crippen MR) is 116 cm³/mol. The normalized spacial score (nSPS) is 18.0. The Labute approximate surface area is 181 Å². The zero-order chi connectivity index (χ0) is 19.0. The molecule has 28 heavy (non-hydrogen) atoms. The lowest BCUT2D eigenvalue weighted by Gasteiger charge is -2.29. The minimum atomic E-state index is -0.361. The number of hydrogen-bond acceptors (Lipinski definition) is 3. The summed E-state index contributed by atoms with van der Waals surface area (Å²) in [5, 5.41) is 2.21. The van der Waals surface area contributed by atoms with Gasteiger partial charge >= 0.3 is 0 Å². The van der Waals surface area contributed by atoms with Crippen LogP contribution in [0.5, 0.6) is 5.75 Å². The van der Waals surface area contributed by atoms with Crippen molar-refractivity contribution in [2.24, 2.45) is 0 Å². The van der Waals surface area contributed by atoms with E-state index in [1.165, 1.54) is 23.9 Å².